The van der Waals surface area contributed by atoms with E-state index in [1.54, 1.807) is 104 Å². The number of nitrogens with zero attached hydrogens (tertiary/aromatic N) is 13. The van der Waals surface area contributed by atoms with Crippen LogP contribution < -0.4 is 53.2 Å². The maximum Gasteiger partial charge on any atom is 0.397 e. The van der Waals surface area contributed by atoms with Gasteiger partial charge in [-0.3, -0.25) is 24.0 Å². The van der Waals surface area contributed by atoms with Gasteiger partial charge >= 0.3 is 6.18 Å². The molecule has 4 fully saturated rings. The maximum atomic E-state index is 12.8. The van der Waals surface area contributed by atoms with Gasteiger partial charge in [0.1, 0.15) is 75.7 Å². The SMILES string of the molecule is CC(C)C[C@H]1CN(c2cccc(C(=O)c3cccnc3N)n2)CCN1C(=O)CC(F)(F)F.C[C@@H]1CC[C@H](C)N(c2cccc(C(=O)c3cccnc3N)n2)C1.Nc1ncccc1C(=O)c1cccc(N2CCNC(c3ccccc3)C2)n1.Nc1ncccc1C(=O)c1cccc(N2CCN[C@@H](Cc3ccccc3)C2)n1. The molecule has 0 aliphatic carbocycles. The molecule has 2 aromatic carbocycles. The van der Waals surface area contributed by atoms with Crippen LogP contribution in [0.15, 0.2) is 207 Å². The number of amides is 1. The van der Waals surface area contributed by atoms with Crippen molar-refractivity contribution in [2.45, 2.75) is 90.1 Å². The molecule has 570 valence electrons. The Labute approximate surface area is 638 Å². The van der Waals surface area contributed by atoms with E-state index in [-0.39, 0.29) is 82.2 Å². The Kier molecular flexibility index (Phi) is 26.7. The lowest BCUT2D eigenvalue weighted by Gasteiger charge is -2.43. The van der Waals surface area contributed by atoms with Crippen molar-refractivity contribution in [1.29, 1.82) is 0 Å². The van der Waals surface area contributed by atoms with Crippen molar-refractivity contribution >= 4 is 75.6 Å². The van der Waals surface area contributed by atoms with Crippen LogP contribution in [0.3, 0.4) is 0 Å². The van der Waals surface area contributed by atoms with Crippen molar-refractivity contribution in [1.82, 2.24) is 55.4 Å². The predicted molar refractivity (Wildman–Crippen MR) is 422 cm³/mol. The number of halogens is 3. The van der Waals surface area contributed by atoms with Gasteiger partial charge < -0.3 is 58.1 Å². The number of piperazine rings is 3. The molecule has 4 saturated heterocycles. The summed E-state index contributed by atoms with van der Waals surface area (Å²) < 4.78 is 38.3. The molecule has 0 saturated carbocycles. The average Bonchev–Trinajstić information content (AvgIpc) is 0.897. The van der Waals surface area contributed by atoms with Crippen LogP contribution in [0.4, 0.5) is 59.7 Å². The van der Waals surface area contributed by atoms with Crippen LogP contribution in [-0.4, -0.2) is 164 Å². The maximum absolute atomic E-state index is 12.8. The van der Waals surface area contributed by atoms with Crippen molar-refractivity contribution in [3.63, 3.8) is 0 Å². The molecule has 4 aliphatic rings. The van der Waals surface area contributed by atoms with Crippen molar-refractivity contribution in [3.05, 3.63) is 263 Å². The zero-order valence-corrected chi connectivity index (χ0v) is 62.0. The molecule has 110 heavy (non-hydrogen) atoms. The molecule has 5 atom stereocenters. The summed E-state index contributed by atoms with van der Waals surface area (Å²) in [7, 11) is 0. The monoisotopic (exact) mass is 1490 g/mol. The van der Waals surface area contributed by atoms with Gasteiger partial charge in [-0.1, -0.05) is 106 Å². The third-order valence-corrected chi connectivity index (χ3v) is 19.4. The Morgan fingerprint density at radius 2 is 0.882 bits per heavy atom. The Hall–Kier alpha value is -12.1. The summed E-state index contributed by atoms with van der Waals surface area (Å²) in [6, 6.07) is 56.5. The fraction of sp³-hybridized carbons (Fsp3) is 0.313. The average molecular weight is 1490 g/mol. The standard InChI is InChI=1S/C22H26F3N5O2.C22H23N5O.C21H21N5O.C18H22N4O/c1-14(2)11-15-13-29(9-10-30(15)19(31)12-22(23,24)25)18-7-3-6-17(28-18)20(32)16-5-4-8-27-21(16)26;23-22-18(8-5-11-25-22)21(28)19-9-4-10-20(26-19)27-13-12-24-17(15-27)14-16-6-2-1-3-7-16;22-21-16(8-5-11-24-21)20(27)17-9-4-10-19(25-17)26-13-12-23-18(14-26)15-6-2-1-3-7-15;1-12-8-9-13(2)22(11-12)16-7-3-6-15(21-16)17(23)14-5-4-10-20-18(14)19/h3-8,14-15H,9-13H2,1-2H3,(H2,26,27);1-11,17,24H,12-15H2,(H2,23,25);1-11,18,23H,12-14H2,(H2,22,24);3-7,10,12-13H,8-9,11H2,1-2H3,(H2,19,20)/t15-;17-;;12-,13+/m00.1/s1. The fourth-order valence-corrected chi connectivity index (χ4v) is 13.8. The lowest BCUT2D eigenvalue weighted by molar-refractivity contribution is -0.163. The van der Waals surface area contributed by atoms with E-state index in [1.165, 1.54) is 28.6 Å². The highest BCUT2D eigenvalue weighted by atomic mass is 19.4. The molecule has 14 rings (SSSR count). The molecular formula is C83H92F3N19O5. The number of nitrogen functional groups attached to an aromatic ring is 4. The van der Waals surface area contributed by atoms with Gasteiger partial charge in [0.2, 0.25) is 29.0 Å². The number of carbonyl (C=O) groups is 5. The smallest absolute Gasteiger partial charge is 0.383 e. The minimum atomic E-state index is -4.54. The summed E-state index contributed by atoms with van der Waals surface area (Å²) >= 11 is 0. The van der Waals surface area contributed by atoms with Gasteiger partial charge in [0.15, 0.2) is 0 Å². The van der Waals surface area contributed by atoms with Gasteiger partial charge in [-0.2, -0.15) is 13.2 Å². The van der Waals surface area contributed by atoms with Crippen LogP contribution in [0.25, 0.3) is 0 Å². The number of nitrogens with two attached hydrogens (primary N) is 4. The topological polar surface area (TPSA) is 333 Å². The number of ketones is 4. The largest absolute Gasteiger partial charge is 0.397 e. The van der Waals surface area contributed by atoms with Gasteiger partial charge in [-0.25, -0.2) is 39.9 Å². The highest BCUT2D eigenvalue weighted by Crippen LogP contribution is 2.31. The Morgan fingerprint density at radius 3 is 1.33 bits per heavy atom. The Morgan fingerprint density at radius 1 is 0.464 bits per heavy atom. The Bertz CT molecular complexity index is 4790. The summed E-state index contributed by atoms with van der Waals surface area (Å²) in [4.78, 5) is 107. The number of piperidine rings is 1. The molecule has 27 heteroatoms. The van der Waals surface area contributed by atoms with E-state index in [4.69, 9.17) is 22.9 Å². The number of hydrogen-bond acceptors (Lipinski definition) is 23. The lowest BCUT2D eigenvalue weighted by atomic mass is 9.95. The summed E-state index contributed by atoms with van der Waals surface area (Å²) in [5.74, 6) is 2.74. The zero-order valence-electron chi connectivity index (χ0n) is 62.0. The van der Waals surface area contributed by atoms with Crippen LogP contribution in [-0.2, 0) is 11.2 Å². The van der Waals surface area contributed by atoms with E-state index in [0.29, 0.717) is 77.1 Å². The summed E-state index contributed by atoms with van der Waals surface area (Å²) in [5, 5.41) is 7.12. The van der Waals surface area contributed by atoms with Crippen molar-refractivity contribution in [3.8, 4) is 0 Å². The van der Waals surface area contributed by atoms with Crippen LogP contribution in [0.1, 0.15) is 135 Å². The summed E-state index contributed by atoms with van der Waals surface area (Å²) in [6.45, 7) is 15.2. The molecule has 4 aliphatic heterocycles. The number of benzene rings is 2. The van der Waals surface area contributed by atoms with Crippen LogP contribution in [0.5, 0.6) is 0 Å². The minimum absolute atomic E-state index is 0.110. The van der Waals surface area contributed by atoms with E-state index < -0.39 is 18.5 Å². The van der Waals surface area contributed by atoms with E-state index >= 15 is 0 Å². The summed E-state index contributed by atoms with van der Waals surface area (Å²) in [5.41, 5.74) is 28.6. The predicted octanol–water partition coefficient (Wildman–Crippen LogP) is 11.0. The third kappa shape index (κ3) is 21.0. The van der Waals surface area contributed by atoms with Crippen LogP contribution in [0.2, 0.25) is 0 Å². The normalized spacial score (nSPS) is 17.8. The quantitative estimate of drug-likeness (QED) is 0.0435. The van der Waals surface area contributed by atoms with E-state index in [0.717, 1.165) is 76.1 Å². The second-order valence-corrected chi connectivity index (χ2v) is 28.0. The first-order valence-corrected chi connectivity index (χ1v) is 36.9. The second-order valence-electron chi connectivity index (χ2n) is 28.0. The first-order chi connectivity index (χ1) is 53.0. The molecule has 0 spiro atoms. The van der Waals surface area contributed by atoms with Crippen LogP contribution >= 0.6 is 0 Å². The number of anilines is 8. The number of hydrogen-bond donors (Lipinski definition) is 6. The molecule has 0 radical (unpaired) electrons. The van der Waals surface area contributed by atoms with Crippen LogP contribution in [0, 0.1) is 11.8 Å². The number of aromatic nitrogens is 8. The number of alkyl halides is 3. The van der Waals surface area contributed by atoms with Gasteiger partial charge in [0.05, 0.1) is 22.3 Å². The lowest BCUT2D eigenvalue weighted by Crippen LogP contribution is -2.56. The molecule has 12 heterocycles. The van der Waals surface area contributed by atoms with Gasteiger partial charge in [-0.15, -0.1) is 0 Å². The second kappa shape index (κ2) is 37.1. The molecule has 24 nitrogen and oxygen atoms in total. The fourth-order valence-electron chi connectivity index (χ4n) is 13.8. The van der Waals surface area contributed by atoms with E-state index in [9.17, 15) is 37.1 Å². The van der Waals surface area contributed by atoms with Gasteiger partial charge in [0.25, 0.3) is 0 Å². The molecule has 1 amide bonds. The number of nitrogens with one attached hydrogen (secondary N) is 2. The molecule has 10 N–H and O–H groups in total. The van der Waals surface area contributed by atoms with Gasteiger partial charge in [-0.05, 0) is 153 Å². The number of carbonyl (C=O) groups excluding carboxylic acids is 5. The molecule has 10 aromatic rings. The number of rotatable bonds is 18. The first-order valence-electron chi connectivity index (χ1n) is 36.9. The zero-order chi connectivity index (χ0) is 77.8. The van der Waals surface area contributed by atoms with Crippen molar-refractivity contribution in [2.24, 2.45) is 11.8 Å². The highest BCUT2D eigenvalue weighted by Gasteiger charge is 2.39. The Balaban J connectivity index is 0.000000146. The number of pyridine rings is 8. The first kappa shape index (κ1) is 79.0. The molecule has 1 unspecified atom stereocenters. The minimum Gasteiger partial charge on any atom is -0.383 e. The summed E-state index contributed by atoms with van der Waals surface area (Å²) in [6.07, 6.45) is 4.12. The highest BCUT2D eigenvalue weighted by molar-refractivity contribution is 6.12. The van der Waals surface area contributed by atoms with E-state index in [1.807, 2.05) is 79.4 Å². The van der Waals surface area contributed by atoms with Crippen molar-refractivity contribution < 1.29 is 37.1 Å². The van der Waals surface area contributed by atoms with E-state index in [2.05, 4.69) is 115 Å². The molecule has 8 aromatic heterocycles. The third-order valence-electron chi connectivity index (χ3n) is 19.4. The molecule has 0 bridgehead atoms. The van der Waals surface area contributed by atoms with Gasteiger partial charge in [0, 0.05) is 114 Å². The molecular weight excluding hydrogens is 1400 g/mol. The van der Waals surface area contributed by atoms with Crippen molar-refractivity contribution in [2.75, 3.05) is 108 Å².